The van der Waals surface area contributed by atoms with Crippen molar-refractivity contribution in [3.05, 3.63) is 71.8 Å². The van der Waals surface area contributed by atoms with Gasteiger partial charge in [0.05, 0.1) is 25.5 Å². The summed E-state index contributed by atoms with van der Waals surface area (Å²) in [5.74, 6) is 0. The Morgan fingerprint density at radius 1 is 0.654 bits per heavy atom. The van der Waals surface area contributed by atoms with Gasteiger partial charge in [0, 0.05) is 14.2 Å². The Morgan fingerprint density at radius 3 is 1.42 bits per heavy atom. The van der Waals surface area contributed by atoms with Gasteiger partial charge in [0.1, 0.15) is 0 Å². The first kappa shape index (κ1) is 21.0. The summed E-state index contributed by atoms with van der Waals surface area (Å²) in [7, 11) is -4.21. The fourth-order valence-corrected chi connectivity index (χ4v) is 5.66. The third kappa shape index (κ3) is 6.81. The van der Waals surface area contributed by atoms with E-state index >= 15 is 0 Å². The minimum Gasteiger partial charge on any atom is -0.312 e. The average Bonchev–Trinajstić information content (AvgIpc) is 2.71. The van der Waals surface area contributed by atoms with Crippen molar-refractivity contribution >= 4 is 15.2 Å². The largest absolute Gasteiger partial charge is 0.331 e. The van der Waals surface area contributed by atoms with E-state index in [1.54, 1.807) is 0 Å². The second-order valence-electron chi connectivity index (χ2n) is 5.55. The molecule has 26 heavy (non-hydrogen) atoms. The maximum atomic E-state index is 13.2. The Hall–Kier alpha value is -1.26. The van der Waals surface area contributed by atoms with Crippen LogP contribution in [0.25, 0.3) is 0 Å². The highest BCUT2D eigenvalue weighted by Gasteiger charge is 2.31. The quantitative estimate of drug-likeness (QED) is 0.491. The molecule has 2 aromatic carbocycles. The molecule has 142 valence electrons. The molecule has 0 aliphatic rings. The Kier molecular flexibility index (Phi) is 8.23. The van der Waals surface area contributed by atoms with Gasteiger partial charge in [-0.15, -0.1) is 0 Å². The molecule has 2 aromatic rings. The van der Waals surface area contributed by atoms with Gasteiger partial charge in [0.25, 0.3) is 0 Å². The molecule has 0 saturated carbocycles. The molecular weight excluding hydrogens is 374 g/mol. The lowest BCUT2D eigenvalue weighted by Gasteiger charge is -2.21. The van der Waals surface area contributed by atoms with Gasteiger partial charge in [-0.25, -0.2) is 0 Å². The zero-order chi connectivity index (χ0) is 18.9. The summed E-state index contributed by atoms with van der Waals surface area (Å²) in [6, 6.07) is 18.8. The lowest BCUT2D eigenvalue weighted by atomic mass is 10.2. The van der Waals surface area contributed by atoms with Gasteiger partial charge in [-0.1, -0.05) is 60.7 Å². The van der Waals surface area contributed by atoms with Crippen LogP contribution in [0.4, 0.5) is 0 Å². The van der Waals surface area contributed by atoms with Crippen LogP contribution in [-0.4, -0.2) is 26.5 Å². The molecular formula is C18H24O6P2. The molecule has 0 saturated heterocycles. The number of hydrogen-bond acceptors (Lipinski definition) is 6. The highest BCUT2D eigenvalue weighted by atomic mass is 31.2. The van der Waals surface area contributed by atoms with E-state index < -0.39 is 15.2 Å². The number of benzene rings is 2. The SMILES string of the molecule is COP(=O)(CCP(=O)(OCc1ccccc1)OCc1ccccc1)OC. The topological polar surface area (TPSA) is 71.1 Å². The average molecular weight is 398 g/mol. The van der Waals surface area contributed by atoms with E-state index in [0.29, 0.717) is 0 Å². The van der Waals surface area contributed by atoms with E-state index in [4.69, 9.17) is 18.1 Å². The molecule has 0 spiro atoms. The van der Waals surface area contributed by atoms with E-state index in [1.807, 2.05) is 60.7 Å². The Morgan fingerprint density at radius 2 is 1.04 bits per heavy atom. The van der Waals surface area contributed by atoms with Crippen LogP contribution in [0.2, 0.25) is 0 Å². The van der Waals surface area contributed by atoms with Gasteiger partial charge in [0.15, 0.2) is 0 Å². The summed E-state index contributed by atoms with van der Waals surface area (Å²) in [6.45, 7) is 0.272. The normalized spacial score (nSPS) is 12.2. The standard InChI is InChI=1S/C18H24O6P2/c1-21-25(19,22-2)13-14-26(20,23-15-17-9-5-3-6-10-17)24-16-18-11-7-4-8-12-18/h3-12H,13-16H2,1-2H3. The molecule has 0 amide bonds. The van der Waals surface area contributed by atoms with Crippen molar-refractivity contribution in [3.63, 3.8) is 0 Å². The zero-order valence-electron chi connectivity index (χ0n) is 14.9. The van der Waals surface area contributed by atoms with Crippen molar-refractivity contribution in [1.82, 2.24) is 0 Å². The van der Waals surface area contributed by atoms with Crippen molar-refractivity contribution in [3.8, 4) is 0 Å². The lowest BCUT2D eigenvalue weighted by Crippen LogP contribution is -2.06. The van der Waals surface area contributed by atoms with Crippen molar-refractivity contribution in [2.75, 3.05) is 26.5 Å². The minimum atomic E-state index is -3.51. The van der Waals surface area contributed by atoms with Gasteiger partial charge >= 0.3 is 15.2 Å². The molecule has 0 unspecified atom stereocenters. The first-order valence-corrected chi connectivity index (χ1v) is 11.6. The third-order valence-corrected chi connectivity index (χ3v) is 7.80. The molecule has 2 rings (SSSR count). The van der Waals surface area contributed by atoms with Crippen LogP contribution in [0, 0.1) is 0 Å². The van der Waals surface area contributed by atoms with Crippen molar-refractivity contribution in [1.29, 1.82) is 0 Å². The van der Waals surface area contributed by atoms with Crippen LogP contribution < -0.4 is 0 Å². The molecule has 0 aromatic heterocycles. The third-order valence-electron chi connectivity index (χ3n) is 3.75. The first-order valence-electron chi connectivity index (χ1n) is 8.15. The molecule has 8 heteroatoms. The molecule has 0 aliphatic heterocycles. The highest BCUT2D eigenvalue weighted by molar-refractivity contribution is 7.58. The maximum Gasteiger partial charge on any atom is 0.331 e. The summed E-state index contributed by atoms with van der Waals surface area (Å²) in [5, 5.41) is 0. The number of rotatable bonds is 11. The summed E-state index contributed by atoms with van der Waals surface area (Å²) in [5.41, 5.74) is 1.75. The fraction of sp³-hybridized carbons (Fsp3) is 0.333. The zero-order valence-corrected chi connectivity index (χ0v) is 16.7. The second-order valence-corrected chi connectivity index (χ2v) is 10.1. The summed E-state index contributed by atoms with van der Waals surface area (Å²) in [6.07, 6.45) is -0.119. The Balaban J connectivity index is 2.05. The Labute approximate surface area is 154 Å². The first-order chi connectivity index (χ1) is 12.5. The summed E-state index contributed by atoms with van der Waals surface area (Å²) >= 11 is 0. The monoisotopic (exact) mass is 398 g/mol. The van der Waals surface area contributed by atoms with Crippen LogP contribution in [0.1, 0.15) is 11.1 Å². The van der Waals surface area contributed by atoms with Crippen LogP contribution in [-0.2, 0) is 40.4 Å². The van der Waals surface area contributed by atoms with Crippen molar-refractivity contribution < 1.29 is 27.2 Å². The Bertz CT molecular complexity index is 695. The van der Waals surface area contributed by atoms with Gasteiger partial charge in [-0.3, -0.25) is 9.13 Å². The van der Waals surface area contributed by atoms with E-state index in [1.165, 1.54) is 14.2 Å². The van der Waals surface area contributed by atoms with Gasteiger partial charge in [-0.05, 0) is 11.1 Å². The second kappa shape index (κ2) is 10.2. The smallest absolute Gasteiger partial charge is 0.312 e. The fourth-order valence-electron chi connectivity index (χ4n) is 2.16. The molecule has 0 fully saturated rings. The summed E-state index contributed by atoms with van der Waals surface area (Å²) in [4.78, 5) is 0. The summed E-state index contributed by atoms with van der Waals surface area (Å²) < 4.78 is 46.5. The van der Waals surface area contributed by atoms with Crippen LogP contribution >= 0.6 is 15.2 Å². The van der Waals surface area contributed by atoms with E-state index in [-0.39, 0.29) is 25.5 Å². The van der Waals surface area contributed by atoms with E-state index in [2.05, 4.69) is 0 Å². The molecule has 0 aliphatic carbocycles. The van der Waals surface area contributed by atoms with Gasteiger partial charge < -0.3 is 18.1 Å². The predicted octanol–water partition coefficient (Wildman–Crippen LogP) is 5.10. The maximum absolute atomic E-state index is 13.2. The van der Waals surface area contributed by atoms with Crippen LogP contribution in [0.5, 0.6) is 0 Å². The van der Waals surface area contributed by atoms with E-state index in [0.717, 1.165) is 11.1 Å². The van der Waals surface area contributed by atoms with Gasteiger partial charge in [-0.2, -0.15) is 0 Å². The molecule has 6 nitrogen and oxygen atoms in total. The molecule has 0 N–H and O–H groups in total. The highest BCUT2D eigenvalue weighted by Crippen LogP contribution is 2.55. The lowest BCUT2D eigenvalue weighted by molar-refractivity contribution is 0.191. The molecule has 0 bridgehead atoms. The van der Waals surface area contributed by atoms with Crippen molar-refractivity contribution in [2.24, 2.45) is 0 Å². The molecule has 0 radical (unpaired) electrons. The van der Waals surface area contributed by atoms with E-state index in [9.17, 15) is 9.13 Å². The number of hydrogen-bond donors (Lipinski definition) is 0. The molecule has 0 heterocycles. The van der Waals surface area contributed by atoms with Crippen LogP contribution in [0.3, 0.4) is 0 Å². The molecule has 0 atom stereocenters. The minimum absolute atomic E-state index is 0.0547. The van der Waals surface area contributed by atoms with Crippen LogP contribution in [0.15, 0.2) is 60.7 Å². The van der Waals surface area contributed by atoms with Crippen molar-refractivity contribution in [2.45, 2.75) is 13.2 Å². The van der Waals surface area contributed by atoms with Gasteiger partial charge in [0.2, 0.25) is 0 Å². The predicted molar refractivity (Wildman–Crippen MR) is 101 cm³/mol.